The number of likely N-dealkylation sites (tertiary alicyclic amines) is 1. The average molecular weight is 498 g/mol. The van der Waals surface area contributed by atoms with Crippen molar-refractivity contribution in [2.24, 2.45) is 16.8 Å². The molecule has 1 saturated heterocycles. The SMILES string of the molecule is CCc1cccc2c(CCNC(=NC)N3CC(C)C(C(=O)OC)C3)c[nH]c12.I. The minimum Gasteiger partial charge on any atom is -0.469 e. The van der Waals surface area contributed by atoms with Crippen LogP contribution in [0.5, 0.6) is 0 Å². The van der Waals surface area contributed by atoms with Gasteiger partial charge in [0, 0.05) is 43.8 Å². The lowest BCUT2D eigenvalue weighted by atomic mass is 9.99. The van der Waals surface area contributed by atoms with Gasteiger partial charge in [0.1, 0.15) is 0 Å². The Balaban J connectivity index is 0.00000280. The molecule has 28 heavy (non-hydrogen) atoms. The first-order valence-corrected chi connectivity index (χ1v) is 9.70. The van der Waals surface area contributed by atoms with Gasteiger partial charge in [-0.2, -0.15) is 0 Å². The average Bonchev–Trinajstić information content (AvgIpc) is 3.28. The maximum absolute atomic E-state index is 11.9. The quantitative estimate of drug-likeness (QED) is 0.288. The number of aromatic amines is 1. The lowest BCUT2D eigenvalue weighted by Gasteiger charge is -2.21. The van der Waals surface area contributed by atoms with Gasteiger partial charge in [-0.25, -0.2) is 0 Å². The van der Waals surface area contributed by atoms with Crippen LogP contribution in [0.25, 0.3) is 10.9 Å². The molecule has 0 saturated carbocycles. The van der Waals surface area contributed by atoms with E-state index in [-0.39, 0.29) is 41.8 Å². The van der Waals surface area contributed by atoms with Crippen LogP contribution in [0.3, 0.4) is 0 Å². The number of methoxy groups -OCH3 is 1. The molecular formula is C21H31IN4O2. The number of carbonyl (C=O) groups excluding carboxylic acids is 1. The highest BCUT2D eigenvalue weighted by molar-refractivity contribution is 14.0. The molecule has 1 aromatic heterocycles. The lowest BCUT2D eigenvalue weighted by molar-refractivity contribution is -0.145. The van der Waals surface area contributed by atoms with Crippen molar-refractivity contribution in [2.45, 2.75) is 26.7 Å². The Morgan fingerprint density at radius 3 is 2.82 bits per heavy atom. The van der Waals surface area contributed by atoms with Crippen molar-refractivity contribution in [3.05, 3.63) is 35.5 Å². The van der Waals surface area contributed by atoms with Crippen molar-refractivity contribution in [1.82, 2.24) is 15.2 Å². The number of rotatable bonds is 5. The van der Waals surface area contributed by atoms with Crippen LogP contribution in [0.2, 0.25) is 0 Å². The van der Waals surface area contributed by atoms with Gasteiger partial charge in [-0.3, -0.25) is 9.79 Å². The second-order valence-corrected chi connectivity index (χ2v) is 7.24. The standard InChI is InChI=1S/C21H30N4O2.HI/c1-5-15-7-6-8-17-16(11-24-19(15)17)9-10-23-21(22-3)25-12-14(2)18(13-25)20(26)27-4;/h6-8,11,14,18,24H,5,9-10,12-13H2,1-4H3,(H,22,23);1H. The molecule has 2 heterocycles. The summed E-state index contributed by atoms with van der Waals surface area (Å²) < 4.78 is 4.93. The van der Waals surface area contributed by atoms with E-state index in [0.29, 0.717) is 6.54 Å². The van der Waals surface area contributed by atoms with E-state index in [1.54, 1.807) is 7.05 Å². The fraction of sp³-hybridized carbons (Fsp3) is 0.524. The number of fused-ring (bicyclic) bond motifs is 1. The van der Waals surface area contributed by atoms with Crippen molar-refractivity contribution in [2.75, 3.05) is 33.8 Å². The minimum absolute atomic E-state index is 0. The molecule has 2 unspecified atom stereocenters. The Morgan fingerprint density at radius 2 is 2.14 bits per heavy atom. The summed E-state index contributed by atoms with van der Waals surface area (Å²) in [4.78, 5) is 21.9. The van der Waals surface area contributed by atoms with Crippen LogP contribution >= 0.6 is 24.0 Å². The molecule has 2 aromatic rings. The summed E-state index contributed by atoms with van der Waals surface area (Å²) in [6.07, 6.45) is 4.05. The molecular weight excluding hydrogens is 467 g/mol. The number of H-pyrrole nitrogens is 1. The van der Waals surface area contributed by atoms with Crippen molar-refractivity contribution >= 4 is 46.8 Å². The first kappa shape index (κ1) is 22.5. The fourth-order valence-corrected chi connectivity index (χ4v) is 4.02. The molecule has 0 amide bonds. The first-order chi connectivity index (χ1) is 13.1. The number of aryl methyl sites for hydroxylation is 1. The molecule has 0 aliphatic carbocycles. The van der Waals surface area contributed by atoms with Crippen LogP contribution in [0.1, 0.15) is 25.0 Å². The second kappa shape index (κ2) is 10.1. The van der Waals surface area contributed by atoms with Crippen molar-refractivity contribution < 1.29 is 9.53 Å². The summed E-state index contributed by atoms with van der Waals surface area (Å²) in [7, 11) is 3.24. The Hall–Kier alpha value is -1.77. The van der Waals surface area contributed by atoms with E-state index in [0.717, 1.165) is 31.9 Å². The monoisotopic (exact) mass is 498 g/mol. The molecule has 1 fully saturated rings. The number of esters is 1. The fourth-order valence-electron chi connectivity index (χ4n) is 4.02. The minimum atomic E-state index is -0.133. The highest BCUT2D eigenvalue weighted by Crippen LogP contribution is 2.24. The largest absolute Gasteiger partial charge is 0.469 e. The number of aliphatic imine (C=N–C) groups is 1. The smallest absolute Gasteiger partial charge is 0.310 e. The van der Waals surface area contributed by atoms with Crippen LogP contribution in [-0.2, 0) is 22.4 Å². The van der Waals surface area contributed by atoms with Gasteiger partial charge in [-0.05, 0) is 29.9 Å². The Morgan fingerprint density at radius 1 is 1.36 bits per heavy atom. The third-order valence-corrected chi connectivity index (χ3v) is 5.57. The Labute approximate surface area is 184 Å². The number of hydrogen-bond donors (Lipinski definition) is 2. The van der Waals surface area contributed by atoms with E-state index in [1.165, 1.54) is 29.1 Å². The Kier molecular flexibility index (Phi) is 8.15. The van der Waals surface area contributed by atoms with Crippen molar-refractivity contribution in [3.63, 3.8) is 0 Å². The summed E-state index contributed by atoms with van der Waals surface area (Å²) >= 11 is 0. The molecule has 7 heteroatoms. The number of para-hydroxylation sites is 1. The predicted molar refractivity (Wildman–Crippen MR) is 124 cm³/mol. The number of guanidine groups is 1. The van der Waals surface area contributed by atoms with Gasteiger partial charge < -0.3 is 19.9 Å². The van der Waals surface area contributed by atoms with Gasteiger partial charge >= 0.3 is 5.97 Å². The number of nitrogens with zero attached hydrogens (tertiary/aromatic N) is 2. The maximum Gasteiger partial charge on any atom is 0.310 e. The summed E-state index contributed by atoms with van der Waals surface area (Å²) in [5.41, 5.74) is 3.90. The third-order valence-electron chi connectivity index (χ3n) is 5.57. The van der Waals surface area contributed by atoms with Crippen LogP contribution in [0, 0.1) is 11.8 Å². The summed E-state index contributed by atoms with van der Waals surface area (Å²) in [5, 5.41) is 4.75. The number of halogens is 1. The lowest BCUT2D eigenvalue weighted by Crippen LogP contribution is -2.41. The van der Waals surface area contributed by atoms with Gasteiger partial charge in [-0.15, -0.1) is 24.0 Å². The van der Waals surface area contributed by atoms with Gasteiger partial charge in [0.2, 0.25) is 0 Å². The summed E-state index contributed by atoms with van der Waals surface area (Å²) in [5.74, 6) is 0.889. The number of nitrogens with one attached hydrogen (secondary N) is 2. The van der Waals surface area contributed by atoms with E-state index in [1.807, 2.05) is 0 Å². The van der Waals surface area contributed by atoms with Gasteiger partial charge in [0.15, 0.2) is 5.96 Å². The van der Waals surface area contributed by atoms with Gasteiger partial charge in [0.25, 0.3) is 0 Å². The second-order valence-electron chi connectivity index (χ2n) is 7.24. The van der Waals surface area contributed by atoms with Crippen molar-refractivity contribution in [1.29, 1.82) is 0 Å². The van der Waals surface area contributed by atoms with Crippen LogP contribution in [-0.4, -0.2) is 55.6 Å². The van der Waals surface area contributed by atoms with Gasteiger partial charge in [-0.1, -0.05) is 32.0 Å². The zero-order valence-corrected chi connectivity index (χ0v) is 19.4. The summed E-state index contributed by atoms with van der Waals surface area (Å²) in [6.45, 7) is 6.53. The highest BCUT2D eigenvalue weighted by Gasteiger charge is 2.36. The zero-order valence-electron chi connectivity index (χ0n) is 17.1. The molecule has 1 aromatic carbocycles. The molecule has 0 radical (unpaired) electrons. The Bertz CT molecular complexity index is 833. The number of ether oxygens (including phenoxy) is 1. The molecule has 3 rings (SSSR count). The molecule has 0 bridgehead atoms. The van der Waals surface area contributed by atoms with Crippen molar-refractivity contribution in [3.8, 4) is 0 Å². The number of hydrogen-bond acceptors (Lipinski definition) is 3. The topological polar surface area (TPSA) is 69.7 Å². The molecule has 0 spiro atoms. The molecule has 2 N–H and O–H groups in total. The first-order valence-electron chi connectivity index (χ1n) is 9.70. The van der Waals surface area contributed by atoms with Gasteiger partial charge in [0.05, 0.1) is 13.0 Å². The number of carbonyl (C=O) groups is 1. The van der Waals surface area contributed by atoms with Crippen LogP contribution in [0.4, 0.5) is 0 Å². The molecule has 154 valence electrons. The van der Waals surface area contributed by atoms with E-state index in [4.69, 9.17) is 4.74 Å². The number of benzene rings is 1. The highest BCUT2D eigenvalue weighted by atomic mass is 127. The molecule has 1 aliphatic heterocycles. The molecule has 2 atom stereocenters. The number of aromatic nitrogens is 1. The van der Waals surface area contributed by atoms with E-state index in [9.17, 15) is 4.79 Å². The molecule has 1 aliphatic rings. The van der Waals surface area contributed by atoms with Crippen LogP contribution in [0.15, 0.2) is 29.4 Å². The normalized spacial score (nSPS) is 19.6. The van der Waals surface area contributed by atoms with Crippen LogP contribution < -0.4 is 5.32 Å². The maximum atomic E-state index is 11.9. The van der Waals surface area contributed by atoms with E-state index in [2.05, 4.69) is 58.4 Å². The van der Waals surface area contributed by atoms with E-state index < -0.39 is 0 Å². The summed E-state index contributed by atoms with van der Waals surface area (Å²) in [6, 6.07) is 6.48. The third kappa shape index (κ3) is 4.61. The zero-order chi connectivity index (χ0) is 19.4. The predicted octanol–water partition coefficient (Wildman–Crippen LogP) is 3.21. The molecule has 6 nitrogen and oxygen atoms in total. The van der Waals surface area contributed by atoms with E-state index >= 15 is 0 Å².